The highest BCUT2D eigenvalue weighted by Gasteiger charge is 2.36. The topological polar surface area (TPSA) is 61.9 Å². The van der Waals surface area contributed by atoms with Crippen molar-refractivity contribution in [2.24, 2.45) is 0 Å². The summed E-state index contributed by atoms with van der Waals surface area (Å²) in [5, 5.41) is 2.59. The van der Waals surface area contributed by atoms with Crippen molar-refractivity contribution in [3.63, 3.8) is 0 Å². The first kappa shape index (κ1) is 17.4. The zero-order valence-electron chi connectivity index (χ0n) is 14.0. The van der Waals surface area contributed by atoms with Crippen LogP contribution in [0.2, 0.25) is 0 Å². The number of carbonyl (C=O) groups is 2. The van der Waals surface area contributed by atoms with Crippen LogP contribution in [0.15, 0.2) is 30.3 Å². The third-order valence-electron chi connectivity index (χ3n) is 3.85. The van der Waals surface area contributed by atoms with Gasteiger partial charge in [0.15, 0.2) is 0 Å². The second-order valence-electron chi connectivity index (χ2n) is 6.02. The van der Waals surface area contributed by atoms with E-state index in [4.69, 9.17) is 4.74 Å². The van der Waals surface area contributed by atoms with Crippen molar-refractivity contribution in [1.82, 2.24) is 15.1 Å². The van der Waals surface area contributed by atoms with E-state index in [0.717, 1.165) is 12.1 Å². The highest BCUT2D eigenvalue weighted by molar-refractivity contribution is 5.84. The zero-order chi connectivity index (χ0) is 16.8. The van der Waals surface area contributed by atoms with E-state index in [0.29, 0.717) is 13.2 Å². The summed E-state index contributed by atoms with van der Waals surface area (Å²) < 4.78 is 5.94. The summed E-state index contributed by atoms with van der Waals surface area (Å²) in [6.45, 7) is 3.20. The fourth-order valence-electron chi connectivity index (χ4n) is 2.87. The van der Waals surface area contributed by atoms with Gasteiger partial charge in [-0.15, -0.1) is 0 Å². The van der Waals surface area contributed by atoms with Gasteiger partial charge in [0, 0.05) is 20.0 Å². The average Bonchev–Trinajstić information content (AvgIpc) is 2.52. The second-order valence-corrected chi connectivity index (χ2v) is 6.02. The summed E-state index contributed by atoms with van der Waals surface area (Å²) >= 11 is 0. The number of ether oxygens (including phenoxy) is 1. The number of benzene rings is 1. The number of rotatable bonds is 5. The van der Waals surface area contributed by atoms with Gasteiger partial charge in [0.05, 0.1) is 25.3 Å². The molecule has 1 aliphatic rings. The Kier molecular flexibility index (Phi) is 6.12. The SMILES string of the molecule is CC(=O)NCC(=O)N1CCO[C@@H](CN(C)C)[C@@H]1c1ccccc1. The molecule has 23 heavy (non-hydrogen) atoms. The molecule has 1 aromatic rings. The molecule has 126 valence electrons. The molecule has 0 saturated carbocycles. The first-order chi connectivity index (χ1) is 11.0. The van der Waals surface area contributed by atoms with Crippen molar-refractivity contribution in [1.29, 1.82) is 0 Å². The quantitative estimate of drug-likeness (QED) is 0.866. The van der Waals surface area contributed by atoms with Crippen LogP contribution in [0, 0.1) is 0 Å². The van der Waals surface area contributed by atoms with Gasteiger partial charge in [-0.1, -0.05) is 30.3 Å². The molecule has 6 nitrogen and oxygen atoms in total. The van der Waals surface area contributed by atoms with E-state index in [1.54, 1.807) is 0 Å². The minimum Gasteiger partial charge on any atom is -0.373 e. The molecule has 0 radical (unpaired) electrons. The van der Waals surface area contributed by atoms with Crippen molar-refractivity contribution in [3.8, 4) is 0 Å². The first-order valence-corrected chi connectivity index (χ1v) is 7.84. The van der Waals surface area contributed by atoms with Gasteiger partial charge in [-0.2, -0.15) is 0 Å². The Labute approximate surface area is 137 Å². The van der Waals surface area contributed by atoms with E-state index in [9.17, 15) is 9.59 Å². The lowest BCUT2D eigenvalue weighted by Crippen LogP contribution is -2.53. The van der Waals surface area contributed by atoms with Gasteiger partial charge in [0.2, 0.25) is 11.8 Å². The summed E-state index contributed by atoms with van der Waals surface area (Å²) in [5.41, 5.74) is 1.05. The second kappa shape index (κ2) is 8.08. The highest BCUT2D eigenvalue weighted by Crippen LogP contribution is 2.30. The summed E-state index contributed by atoms with van der Waals surface area (Å²) in [4.78, 5) is 27.5. The Morgan fingerprint density at radius 2 is 2.00 bits per heavy atom. The number of likely N-dealkylation sites (N-methyl/N-ethyl adjacent to an activating group) is 1. The van der Waals surface area contributed by atoms with Crippen LogP contribution in [0.1, 0.15) is 18.5 Å². The fraction of sp³-hybridized carbons (Fsp3) is 0.529. The van der Waals surface area contributed by atoms with E-state index >= 15 is 0 Å². The van der Waals surface area contributed by atoms with Crippen LogP contribution in [-0.2, 0) is 14.3 Å². The lowest BCUT2D eigenvalue weighted by Gasteiger charge is -2.42. The molecule has 1 fully saturated rings. The maximum absolute atomic E-state index is 12.6. The number of hydrogen-bond acceptors (Lipinski definition) is 4. The minimum atomic E-state index is -0.201. The predicted octanol–water partition coefficient (Wildman–Crippen LogP) is 0.653. The third kappa shape index (κ3) is 4.77. The Balaban J connectivity index is 2.23. The van der Waals surface area contributed by atoms with Gasteiger partial charge in [-0.3, -0.25) is 9.59 Å². The molecule has 1 heterocycles. The van der Waals surface area contributed by atoms with Gasteiger partial charge in [0.1, 0.15) is 0 Å². The maximum atomic E-state index is 12.6. The Bertz CT molecular complexity index is 533. The summed E-state index contributed by atoms with van der Waals surface area (Å²) in [7, 11) is 3.98. The van der Waals surface area contributed by atoms with Crippen molar-refractivity contribution >= 4 is 11.8 Å². The number of carbonyl (C=O) groups excluding carboxylic acids is 2. The number of nitrogens with one attached hydrogen (secondary N) is 1. The Hall–Kier alpha value is -1.92. The minimum absolute atomic E-state index is 0.0212. The van der Waals surface area contributed by atoms with Gasteiger partial charge in [0.25, 0.3) is 0 Å². The van der Waals surface area contributed by atoms with Gasteiger partial charge in [-0.05, 0) is 19.7 Å². The average molecular weight is 319 g/mol. The molecule has 2 atom stereocenters. The smallest absolute Gasteiger partial charge is 0.242 e. The van der Waals surface area contributed by atoms with Crippen molar-refractivity contribution in [2.75, 3.05) is 40.3 Å². The molecule has 0 aromatic heterocycles. The summed E-state index contributed by atoms with van der Waals surface area (Å²) in [6, 6.07) is 9.77. The maximum Gasteiger partial charge on any atom is 0.242 e. The van der Waals surface area contributed by atoms with E-state index < -0.39 is 0 Å². The summed E-state index contributed by atoms with van der Waals surface area (Å²) in [6.07, 6.45) is -0.0950. The lowest BCUT2D eigenvalue weighted by molar-refractivity contribution is -0.147. The van der Waals surface area contributed by atoms with Crippen LogP contribution in [0.25, 0.3) is 0 Å². The van der Waals surface area contributed by atoms with Crippen LogP contribution in [0.4, 0.5) is 0 Å². The number of morpholine rings is 1. The van der Waals surface area contributed by atoms with E-state index in [-0.39, 0.29) is 30.5 Å². The van der Waals surface area contributed by atoms with Crippen molar-refractivity contribution in [3.05, 3.63) is 35.9 Å². The highest BCUT2D eigenvalue weighted by atomic mass is 16.5. The molecule has 2 amide bonds. The van der Waals surface area contributed by atoms with Crippen LogP contribution in [-0.4, -0.2) is 68.1 Å². The molecule has 1 N–H and O–H groups in total. The van der Waals surface area contributed by atoms with Crippen molar-refractivity contribution < 1.29 is 14.3 Å². The molecule has 0 bridgehead atoms. The predicted molar refractivity (Wildman–Crippen MR) is 87.9 cm³/mol. The monoisotopic (exact) mass is 319 g/mol. The number of nitrogens with zero attached hydrogens (tertiary/aromatic N) is 2. The number of amides is 2. The molecule has 1 saturated heterocycles. The Morgan fingerprint density at radius 3 is 2.61 bits per heavy atom. The van der Waals surface area contributed by atoms with Crippen LogP contribution in [0.3, 0.4) is 0 Å². The molecule has 0 unspecified atom stereocenters. The molecular formula is C17H25N3O3. The molecule has 0 aliphatic carbocycles. The third-order valence-corrected chi connectivity index (χ3v) is 3.85. The van der Waals surface area contributed by atoms with Crippen LogP contribution in [0.5, 0.6) is 0 Å². The van der Waals surface area contributed by atoms with Crippen molar-refractivity contribution in [2.45, 2.75) is 19.1 Å². The molecule has 2 rings (SSSR count). The molecule has 1 aromatic carbocycles. The molecule has 0 spiro atoms. The van der Waals surface area contributed by atoms with E-state index in [1.807, 2.05) is 49.3 Å². The standard InChI is InChI=1S/C17H25N3O3/c1-13(21)18-11-16(22)20-9-10-23-15(12-19(2)3)17(20)14-7-5-4-6-8-14/h4-8,15,17H,9-12H2,1-3H3,(H,18,21)/t15-,17-/m0/s1. The normalized spacial score (nSPS) is 21.3. The van der Waals surface area contributed by atoms with Gasteiger partial charge < -0.3 is 19.9 Å². The Morgan fingerprint density at radius 1 is 1.30 bits per heavy atom. The van der Waals surface area contributed by atoms with Crippen LogP contribution < -0.4 is 5.32 Å². The molecular weight excluding hydrogens is 294 g/mol. The lowest BCUT2D eigenvalue weighted by atomic mass is 9.97. The number of hydrogen-bond donors (Lipinski definition) is 1. The van der Waals surface area contributed by atoms with Crippen LogP contribution >= 0.6 is 0 Å². The first-order valence-electron chi connectivity index (χ1n) is 7.84. The zero-order valence-corrected chi connectivity index (χ0v) is 14.0. The molecule has 1 aliphatic heterocycles. The van der Waals surface area contributed by atoms with Gasteiger partial charge >= 0.3 is 0 Å². The largest absolute Gasteiger partial charge is 0.373 e. The summed E-state index contributed by atoms with van der Waals surface area (Å²) in [5.74, 6) is -0.283. The molecule has 6 heteroatoms. The van der Waals surface area contributed by atoms with Gasteiger partial charge in [-0.25, -0.2) is 0 Å². The van der Waals surface area contributed by atoms with E-state index in [2.05, 4.69) is 10.2 Å². The fourth-order valence-corrected chi connectivity index (χ4v) is 2.87. The van der Waals surface area contributed by atoms with E-state index in [1.165, 1.54) is 6.92 Å².